The van der Waals surface area contributed by atoms with E-state index in [1.165, 1.54) is 0 Å². The highest BCUT2D eigenvalue weighted by atomic mass is 16.5. The maximum atomic E-state index is 12.6. The van der Waals surface area contributed by atoms with Crippen molar-refractivity contribution in [2.45, 2.75) is 74.6 Å². The predicted molar refractivity (Wildman–Crippen MR) is 112 cm³/mol. The van der Waals surface area contributed by atoms with Crippen molar-refractivity contribution in [1.29, 1.82) is 0 Å². The van der Waals surface area contributed by atoms with Gasteiger partial charge in [0, 0.05) is 63.0 Å². The molecule has 0 aromatic heterocycles. The summed E-state index contributed by atoms with van der Waals surface area (Å²) in [6.45, 7) is 4.43. The van der Waals surface area contributed by atoms with E-state index in [0.717, 1.165) is 32.4 Å². The Morgan fingerprint density at radius 1 is 1.06 bits per heavy atom. The van der Waals surface area contributed by atoms with Crippen LogP contribution in [0.3, 0.4) is 0 Å². The summed E-state index contributed by atoms with van der Waals surface area (Å²) >= 11 is 0. The molecule has 1 saturated heterocycles. The largest absolute Gasteiger partial charge is 0.392 e. The Morgan fingerprint density at radius 2 is 1.84 bits per heavy atom. The van der Waals surface area contributed by atoms with E-state index in [1.807, 2.05) is 0 Å². The summed E-state index contributed by atoms with van der Waals surface area (Å²) in [6.07, 6.45) is 2.70. The lowest BCUT2D eigenvalue weighted by atomic mass is 9.42. The third-order valence-corrected chi connectivity index (χ3v) is 11.2. The van der Waals surface area contributed by atoms with Gasteiger partial charge in [-0.05, 0) is 44.1 Å². The van der Waals surface area contributed by atoms with Crippen molar-refractivity contribution in [2.75, 3.05) is 41.0 Å². The zero-order valence-corrected chi connectivity index (χ0v) is 19.3. The topological polar surface area (TPSA) is 91.6 Å². The molecule has 7 heteroatoms. The monoisotopic (exact) mass is 437 g/mol. The van der Waals surface area contributed by atoms with Crippen molar-refractivity contribution in [3.8, 4) is 0 Å². The Morgan fingerprint density at radius 3 is 2.48 bits per heavy atom. The normalized spacial score (nSPS) is 61.6. The van der Waals surface area contributed by atoms with Gasteiger partial charge in [0.25, 0.3) is 0 Å². The molecule has 0 radical (unpaired) electrons. The quantitative estimate of drug-likeness (QED) is 0.582. The molecule has 6 rings (SSSR count). The molecule has 0 aromatic carbocycles. The van der Waals surface area contributed by atoms with E-state index in [0.29, 0.717) is 19.4 Å². The first-order valence-electron chi connectivity index (χ1n) is 12.2. The fourth-order valence-corrected chi connectivity index (χ4v) is 10.6. The number of hydrogen-bond acceptors (Lipinski definition) is 7. The first-order chi connectivity index (χ1) is 14.8. The van der Waals surface area contributed by atoms with Crippen molar-refractivity contribution >= 4 is 0 Å². The molecule has 1 heterocycles. The Bertz CT molecular complexity index is 766. The molecule has 0 amide bonds. The summed E-state index contributed by atoms with van der Waals surface area (Å²) in [7, 11) is 5.20. The van der Waals surface area contributed by atoms with E-state index in [9.17, 15) is 15.3 Å². The van der Waals surface area contributed by atoms with Crippen LogP contribution >= 0.6 is 0 Å². The summed E-state index contributed by atoms with van der Waals surface area (Å²) in [5.41, 5.74) is -3.11. The molecule has 176 valence electrons. The van der Waals surface area contributed by atoms with Gasteiger partial charge in [0.1, 0.15) is 11.2 Å². The van der Waals surface area contributed by atoms with E-state index >= 15 is 0 Å². The van der Waals surface area contributed by atoms with Crippen LogP contribution in [0.1, 0.15) is 39.0 Å². The number of ether oxygens (including phenoxy) is 3. The molecule has 1 spiro atoms. The van der Waals surface area contributed by atoms with Crippen LogP contribution in [0.4, 0.5) is 0 Å². The van der Waals surface area contributed by atoms with Crippen LogP contribution in [0.25, 0.3) is 0 Å². The number of rotatable bonds is 5. The van der Waals surface area contributed by atoms with Crippen LogP contribution in [0.15, 0.2) is 0 Å². The average molecular weight is 438 g/mol. The SMILES string of the molecule is CCN1C[C@]2(COC)CC[C@H](O)[C@@]34[C@@H]5C[C@H]6[C@H](OC)[C@@H]5[C@](O)(C[C@@H]6OC)[C@](O)(C[C@H]23)[C@@H]14. The van der Waals surface area contributed by atoms with E-state index in [4.69, 9.17) is 14.2 Å². The fraction of sp³-hybridized carbons (Fsp3) is 1.00. The van der Waals surface area contributed by atoms with Crippen molar-refractivity contribution in [2.24, 2.45) is 34.5 Å². The van der Waals surface area contributed by atoms with Crippen molar-refractivity contribution in [3.63, 3.8) is 0 Å². The second-order valence-electron chi connectivity index (χ2n) is 11.6. The lowest BCUT2D eigenvalue weighted by Gasteiger charge is -2.70. The molecular formula is C24H39NO6. The summed E-state index contributed by atoms with van der Waals surface area (Å²) in [4.78, 5) is 2.38. The third-order valence-electron chi connectivity index (χ3n) is 11.2. The molecule has 0 aromatic rings. The van der Waals surface area contributed by atoms with Crippen LogP contribution in [0, 0.1) is 34.5 Å². The second-order valence-corrected chi connectivity index (χ2v) is 11.6. The molecule has 5 aliphatic carbocycles. The van der Waals surface area contributed by atoms with Crippen LogP contribution in [-0.2, 0) is 14.2 Å². The molecule has 6 aliphatic rings. The number of likely N-dealkylation sites (tertiary alicyclic amines) is 1. The summed E-state index contributed by atoms with van der Waals surface area (Å²) in [6, 6.07) is -0.242. The van der Waals surface area contributed by atoms with Crippen molar-refractivity contribution in [1.82, 2.24) is 4.90 Å². The number of fused-ring (bicyclic) bond motifs is 2. The predicted octanol–water partition coefficient (Wildman–Crippen LogP) is 0.646. The van der Waals surface area contributed by atoms with Gasteiger partial charge in [-0.2, -0.15) is 0 Å². The summed E-state index contributed by atoms with van der Waals surface area (Å²) in [5.74, 6) is 0.249. The summed E-state index contributed by atoms with van der Waals surface area (Å²) < 4.78 is 17.7. The number of nitrogens with zero attached hydrogens (tertiary/aromatic N) is 1. The first-order valence-corrected chi connectivity index (χ1v) is 12.2. The molecule has 1 aliphatic heterocycles. The number of likely N-dealkylation sites (N-methyl/N-ethyl adjacent to an activating group) is 1. The molecule has 12 atom stereocenters. The van der Waals surface area contributed by atoms with E-state index in [1.54, 1.807) is 21.3 Å². The Hall–Kier alpha value is -0.280. The van der Waals surface area contributed by atoms with Crippen molar-refractivity contribution in [3.05, 3.63) is 0 Å². The van der Waals surface area contributed by atoms with E-state index < -0.39 is 22.7 Å². The standard InChI is InChI=1S/C24H39NO6/c1-5-25-11-21(12-29-2)7-6-17(26)24-14-8-13-15(30-3)9-22(27,18(14)19(13)31-4)23(28,20(24)25)10-16(21)24/h13-20,26-28H,5-12H2,1-4H3/t13-,14-,15+,16-,17+,18-,19+,20-,21+,22-,23+,24-/m1/s1. The maximum Gasteiger partial charge on any atom is 0.110 e. The van der Waals surface area contributed by atoms with E-state index in [-0.39, 0.29) is 47.3 Å². The molecule has 7 bridgehead atoms. The Labute approximate surface area is 185 Å². The van der Waals surface area contributed by atoms with Crippen molar-refractivity contribution < 1.29 is 29.5 Å². The molecule has 3 N–H and O–H groups in total. The van der Waals surface area contributed by atoms with Gasteiger partial charge in [0.05, 0.1) is 24.9 Å². The zero-order valence-electron chi connectivity index (χ0n) is 19.3. The minimum atomic E-state index is -1.29. The van der Waals surface area contributed by atoms with Gasteiger partial charge in [0.15, 0.2) is 0 Å². The number of aliphatic hydroxyl groups is 3. The Kier molecular flexibility index (Phi) is 4.41. The van der Waals surface area contributed by atoms with E-state index in [2.05, 4.69) is 11.8 Å². The lowest BCUT2D eigenvalue weighted by Crippen LogP contribution is -2.81. The van der Waals surface area contributed by atoms with Gasteiger partial charge in [-0.15, -0.1) is 0 Å². The van der Waals surface area contributed by atoms with Crippen LogP contribution in [-0.4, -0.2) is 96.8 Å². The maximum absolute atomic E-state index is 12.6. The molecular weight excluding hydrogens is 398 g/mol. The highest BCUT2D eigenvalue weighted by Crippen LogP contribution is 2.79. The van der Waals surface area contributed by atoms with Gasteiger partial charge >= 0.3 is 0 Å². The number of aliphatic hydroxyl groups excluding tert-OH is 1. The average Bonchev–Trinajstić information content (AvgIpc) is 3.19. The van der Waals surface area contributed by atoms with Gasteiger partial charge in [-0.25, -0.2) is 0 Å². The molecule has 0 unspecified atom stereocenters. The number of methoxy groups -OCH3 is 3. The minimum Gasteiger partial charge on any atom is -0.392 e. The highest BCUT2D eigenvalue weighted by molar-refractivity contribution is 5.38. The third kappa shape index (κ3) is 2.04. The molecule has 7 nitrogen and oxygen atoms in total. The van der Waals surface area contributed by atoms with Gasteiger partial charge in [-0.1, -0.05) is 6.92 Å². The highest BCUT2D eigenvalue weighted by Gasteiger charge is 2.88. The molecule has 6 fully saturated rings. The number of piperidine rings is 1. The van der Waals surface area contributed by atoms with Gasteiger partial charge in [0.2, 0.25) is 0 Å². The fourth-order valence-electron chi connectivity index (χ4n) is 10.6. The smallest absolute Gasteiger partial charge is 0.110 e. The second kappa shape index (κ2) is 6.44. The van der Waals surface area contributed by atoms with Crippen LogP contribution in [0.5, 0.6) is 0 Å². The van der Waals surface area contributed by atoms with Gasteiger partial charge in [-0.3, -0.25) is 4.90 Å². The summed E-state index contributed by atoms with van der Waals surface area (Å²) in [5, 5.41) is 36.9. The zero-order chi connectivity index (χ0) is 22.0. The van der Waals surface area contributed by atoms with Crippen LogP contribution in [0.2, 0.25) is 0 Å². The van der Waals surface area contributed by atoms with Gasteiger partial charge < -0.3 is 29.5 Å². The minimum absolute atomic E-state index is 0.0960. The Balaban J connectivity index is 1.61. The van der Waals surface area contributed by atoms with Crippen LogP contribution < -0.4 is 0 Å². The molecule has 31 heavy (non-hydrogen) atoms. The lowest BCUT2D eigenvalue weighted by molar-refractivity contribution is -0.314. The first kappa shape index (κ1) is 21.3. The molecule has 5 saturated carbocycles. The number of hydrogen-bond donors (Lipinski definition) is 3.